The molecule has 1 aromatic carbocycles. The fourth-order valence-electron chi connectivity index (χ4n) is 1.67. The van der Waals surface area contributed by atoms with Gasteiger partial charge in [0.05, 0.1) is 5.56 Å². The molecule has 0 radical (unpaired) electrons. The molecule has 1 rings (SSSR count). The molecule has 0 saturated heterocycles. The lowest BCUT2D eigenvalue weighted by molar-refractivity contribution is -0.137. The Labute approximate surface area is 99.3 Å². The van der Waals surface area contributed by atoms with Gasteiger partial charge >= 0.3 is 6.18 Å². The van der Waals surface area contributed by atoms with Crippen molar-refractivity contribution < 1.29 is 13.2 Å². The summed E-state index contributed by atoms with van der Waals surface area (Å²) in [6, 6.07) is 5.34. The maximum absolute atomic E-state index is 12.4. The zero-order valence-electron chi connectivity index (χ0n) is 9.72. The van der Waals surface area contributed by atoms with Gasteiger partial charge in [-0.05, 0) is 37.6 Å². The van der Waals surface area contributed by atoms with Crippen LogP contribution < -0.4 is 5.32 Å². The molecule has 1 unspecified atom stereocenters. The van der Waals surface area contributed by atoms with Crippen LogP contribution in [0.3, 0.4) is 0 Å². The van der Waals surface area contributed by atoms with Crippen LogP contribution in [0.2, 0.25) is 0 Å². The van der Waals surface area contributed by atoms with E-state index in [1.807, 2.05) is 0 Å². The summed E-state index contributed by atoms with van der Waals surface area (Å²) in [5.74, 6) is 0. The first-order valence-electron chi connectivity index (χ1n) is 5.44. The molecule has 0 heterocycles. The van der Waals surface area contributed by atoms with Gasteiger partial charge < -0.3 is 5.32 Å². The average Bonchev–Trinajstić information content (AvgIpc) is 2.29. The third kappa shape index (κ3) is 3.89. The molecule has 1 nitrogen and oxygen atoms in total. The quantitative estimate of drug-likeness (QED) is 0.772. The lowest BCUT2D eigenvalue weighted by atomic mass is 10.0. The second-order valence-corrected chi connectivity index (χ2v) is 3.83. The Balaban J connectivity index is 2.81. The predicted molar refractivity (Wildman–Crippen MR) is 62.7 cm³/mol. The molecule has 94 valence electrons. The van der Waals surface area contributed by atoms with E-state index in [-0.39, 0.29) is 6.04 Å². The fraction of sp³-hybridized carbons (Fsp3) is 0.385. The SMILES string of the molecule is C=CCCC(NC)c1ccc(C(F)(F)F)cc1. The number of nitrogens with one attached hydrogen (secondary N) is 1. The largest absolute Gasteiger partial charge is 0.416 e. The van der Waals surface area contributed by atoms with Crippen molar-refractivity contribution in [2.45, 2.75) is 25.1 Å². The summed E-state index contributed by atoms with van der Waals surface area (Å²) >= 11 is 0. The first-order valence-corrected chi connectivity index (χ1v) is 5.44. The Morgan fingerprint density at radius 3 is 2.29 bits per heavy atom. The minimum absolute atomic E-state index is 0.0651. The van der Waals surface area contributed by atoms with Crippen molar-refractivity contribution in [2.75, 3.05) is 7.05 Å². The van der Waals surface area contributed by atoms with Crippen LogP contribution in [0.5, 0.6) is 0 Å². The molecule has 1 aromatic rings. The first kappa shape index (κ1) is 13.8. The average molecular weight is 243 g/mol. The van der Waals surface area contributed by atoms with Crippen LogP contribution in [0.4, 0.5) is 13.2 Å². The molecule has 17 heavy (non-hydrogen) atoms. The Hall–Kier alpha value is -1.29. The molecule has 0 aromatic heterocycles. The van der Waals surface area contributed by atoms with Crippen molar-refractivity contribution in [3.05, 3.63) is 48.0 Å². The molecule has 1 atom stereocenters. The standard InChI is InChI=1S/C13H16F3N/c1-3-4-5-12(17-2)10-6-8-11(9-7-10)13(14,15)16/h3,6-9,12,17H,1,4-5H2,2H3. The van der Waals surface area contributed by atoms with Gasteiger partial charge in [-0.1, -0.05) is 18.2 Å². The zero-order chi connectivity index (χ0) is 12.9. The molecule has 0 aliphatic heterocycles. The van der Waals surface area contributed by atoms with E-state index in [4.69, 9.17) is 0 Å². The minimum atomic E-state index is -4.27. The number of benzene rings is 1. The number of halogens is 3. The van der Waals surface area contributed by atoms with E-state index in [0.717, 1.165) is 30.5 Å². The van der Waals surface area contributed by atoms with Crippen LogP contribution in [0.25, 0.3) is 0 Å². The third-order valence-corrected chi connectivity index (χ3v) is 2.65. The Morgan fingerprint density at radius 1 is 1.29 bits per heavy atom. The summed E-state index contributed by atoms with van der Waals surface area (Å²) in [6.45, 7) is 3.63. The van der Waals surface area contributed by atoms with Gasteiger partial charge in [0.1, 0.15) is 0 Å². The molecule has 0 aliphatic carbocycles. The van der Waals surface area contributed by atoms with Crippen molar-refractivity contribution in [3.63, 3.8) is 0 Å². The van der Waals surface area contributed by atoms with E-state index in [2.05, 4.69) is 11.9 Å². The van der Waals surface area contributed by atoms with Crippen LogP contribution in [-0.4, -0.2) is 7.05 Å². The number of alkyl halides is 3. The van der Waals surface area contributed by atoms with Crippen molar-refractivity contribution >= 4 is 0 Å². The summed E-state index contributed by atoms with van der Waals surface area (Å²) < 4.78 is 37.1. The summed E-state index contributed by atoms with van der Waals surface area (Å²) in [4.78, 5) is 0. The Morgan fingerprint density at radius 2 is 1.88 bits per heavy atom. The molecule has 0 bridgehead atoms. The topological polar surface area (TPSA) is 12.0 Å². The summed E-state index contributed by atoms with van der Waals surface area (Å²) in [7, 11) is 1.80. The molecule has 0 fully saturated rings. The van der Waals surface area contributed by atoms with E-state index >= 15 is 0 Å². The third-order valence-electron chi connectivity index (χ3n) is 2.65. The van der Waals surface area contributed by atoms with Crippen LogP contribution in [0, 0.1) is 0 Å². The molecule has 4 heteroatoms. The predicted octanol–water partition coefficient (Wildman–Crippen LogP) is 3.93. The number of hydrogen-bond acceptors (Lipinski definition) is 1. The molecule has 0 amide bonds. The van der Waals surface area contributed by atoms with Crippen LogP contribution in [0.15, 0.2) is 36.9 Å². The zero-order valence-corrected chi connectivity index (χ0v) is 9.72. The monoisotopic (exact) mass is 243 g/mol. The van der Waals surface area contributed by atoms with Gasteiger partial charge in [0.2, 0.25) is 0 Å². The molecule has 0 aliphatic rings. The van der Waals surface area contributed by atoms with Gasteiger partial charge in [-0.3, -0.25) is 0 Å². The highest BCUT2D eigenvalue weighted by molar-refractivity contribution is 5.26. The van der Waals surface area contributed by atoms with Crippen molar-refractivity contribution in [2.24, 2.45) is 0 Å². The second-order valence-electron chi connectivity index (χ2n) is 3.83. The lowest BCUT2D eigenvalue weighted by Crippen LogP contribution is -2.16. The second kappa shape index (κ2) is 5.87. The van der Waals surface area contributed by atoms with Gasteiger partial charge in [-0.2, -0.15) is 13.2 Å². The van der Waals surface area contributed by atoms with Gasteiger partial charge in [0.15, 0.2) is 0 Å². The highest BCUT2D eigenvalue weighted by Gasteiger charge is 2.30. The van der Waals surface area contributed by atoms with E-state index in [0.29, 0.717) is 0 Å². The van der Waals surface area contributed by atoms with Gasteiger partial charge in [0.25, 0.3) is 0 Å². The van der Waals surface area contributed by atoms with Gasteiger partial charge in [-0.25, -0.2) is 0 Å². The summed E-state index contributed by atoms with van der Waals surface area (Å²) in [6.07, 6.45) is -0.818. The molecule has 0 saturated carbocycles. The van der Waals surface area contributed by atoms with E-state index in [1.54, 1.807) is 13.1 Å². The van der Waals surface area contributed by atoms with Crippen molar-refractivity contribution in [1.82, 2.24) is 5.32 Å². The first-order chi connectivity index (χ1) is 7.99. The fourth-order valence-corrected chi connectivity index (χ4v) is 1.67. The summed E-state index contributed by atoms with van der Waals surface area (Å²) in [5, 5.41) is 3.08. The maximum Gasteiger partial charge on any atom is 0.416 e. The van der Waals surface area contributed by atoms with Crippen LogP contribution in [0.1, 0.15) is 30.0 Å². The molecular formula is C13H16F3N. The van der Waals surface area contributed by atoms with Crippen LogP contribution >= 0.6 is 0 Å². The number of hydrogen-bond donors (Lipinski definition) is 1. The smallest absolute Gasteiger partial charge is 0.313 e. The lowest BCUT2D eigenvalue weighted by Gasteiger charge is -2.16. The van der Waals surface area contributed by atoms with E-state index < -0.39 is 11.7 Å². The van der Waals surface area contributed by atoms with Gasteiger partial charge in [0, 0.05) is 6.04 Å². The molecule has 0 spiro atoms. The molecular weight excluding hydrogens is 227 g/mol. The van der Waals surface area contributed by atoms with Crippen molar-refractivity contribution in [3.8, 4) is 0 Å². The van der Waals surface area contributed by atoms with E-state index in [9.17, 15) is 13.2 Å². The highest BCUT2D eigenvalue weighted by Crippen LogP contribution is 2.30. The Bertz CT molecular complexity index is 354. The highest BCUT2D eigenvalue weighted by atomic mass is 19.4. The minimum Gasteiger partial charge on any atom is -0.313 e. The van der Waals surface area contributed by atoms with Crippen LogP contribution in [-0.2, 0) is 6.18 Å². The number of rotatable bonds is 5. The maximum atomic E-state index is 12.4. The summed E-state index contributed by atoms with van der Waals surface area (Å²) in [5.41, 5.74) is 0.252. The van der Waals surface area contributed by atoms with Gasteiger partial charge in [-0.15, -0.1) is 6.58 Å². The number of allylic oxidation sites excluding steroid dienone is 1. The molecule has 1 N–H and O–H groups in total. The van der Waals surface area contributed by atoms with Crippen molar-refractivity contribution in [1.29, 1.82) is 0 Å². The Kier molecular flexibility index (Phi) is 4.75. The van der Waals surface area contributed by atoms with E-state index in [1.165, 1.54) is 12.1 Å². The normalized spacial score (nSPS) is 13.4.